The minimum Gasteiger partial charge on any atom is -0.444 e. The number of guanidine groups is 1. The van der Waals surface area contributed by atoms with E-state index < -0.39 is 5.60 Å². The largest absolute Gasteiger partial charge is 0.444 e. The number of nitrogens with zero attached hydrogens (tertiary/aromatic N) is 3. The molecule has 146 valence electrons. The molecule has 0 radical (unpaired) electrons. The first-order chi connectivity index (χ1) is 12.2. The molecular weight excluding hydrogens is 334 g/mol. The third-order valence-corrected chi connectivity index (χ3v) is 4.17. The molecule has 1 aromatic rings. The van der Waals surface area contributed by atoms with Crippen molar-refractivity contribution in [2.75, 3.05) is 26.7 Å². The summed E-state index contributed by atoms with van der Waals surface area (Å²) in [4.78, 5) is 17.9. The van der Waals surface area contributed by atoms with Gasteiger partial charge >= 0.3 is 6.09 Å². The van der Waals surface area contributed by atoms with Gasteiger partial charge in [0.05, 0.1) is 11.7 Å². The van der Waals surface area contributed by atoms with E-state index in [9.17, 15) is 4.79 Å². The van der Waals surface area contributed by atoms with Crippen LogP contribution >= 0.6 is 0 Å². The van der Waals surface area contributed by atoms with Crippen molar-refractivity contribution < 1.29 is 14.1 Å². The van der Waals surface area contributed by atoms with Crippen LogP contribution in [-0.2, 0) is 11.2 Å². The summed E-state index contributed by atoms with van der Waals surface area (Å²) in [6, 6.07) is 0.191. The summed E-state index contributed by atoms with van der Waals surface area (Å²) in [7, 11) is 1.74. The van der Waals surface area contributed by atoms with E-state index in [2.05, 4.69) is 20.8 Å². The fourth-order valence-corrected chi connectivity index (χ4v) is 2.76. The molecule has 0 saturated carbocycles. The van der Waals surface area contributed by atoms with Crippen LogP contribution in [0.15, 0.2) is 9.52 Å². The Morgan fingerprint density at radius 3 is 2.62 bits per heavy atom. The quantitative estimate of drug-likeness (QED) is 0.471. The number of carbonyl (C=O) groups excluding carboxylic acids is 1. The summed E-state index contributed by atoms with van der Waals surface area (Å²) in [5, 5.41) is 10.6. The molecule has 1 amide bonds. The van der Waals surface area contributed by atoms with Crippen LogP contribution in [0.1, 0.15) is 44.2 Å². The van der Waals surface area contributed by atoms with Gasteiger partial charge in [0.1, 0.15) is 11.4 Å². The first-order valence-electron chi connectivity index (χ1n) is 9.06. The van der Waals surface area contributed by atoms with Gasteiger partial charge < -0.3 is 24.8 Å². The molecule has 2 N–H and O–H groups in total. The predicted molar refractivity (Wildman–Crippen MR) is 100 cm³/mol. The van der Waals surface area contributed by atoms with E-state index >= 15 is 0 Å². The van der Waals surface area contributed by atoms with Crippen LogP contribution in [0.3, 0.4) is 0 Å². The van der Waals surface area contributed by atoms with Crippen molar-refractivity contribution in [2.45, 2.75) is 59.1 Å². The van der Waals surface area contributed by atoms with Gasteiger partial charge in [0.25, 0.3) is 0 Å². The third kappa shape index (κ3) is 5.64. The van der Waals surface area contributed by atoms with Crippen molar-refractivity contribution >= 4 is 12.1 Å². The third-order valence-electron chi connectivity index (χ3n) is 4.17. The SMILES string of the molecule is CN=C(NCCCc1c(C)noc1C)NC1CN(C(=O)OC(C)(C)C)C1. The fraction of sp³-hybridized carbons (Fsp3) is 0.722. The van der Waals surface area contributed by atoms with E-state index in [-0.39, 0.29) is 12.1 Å². The van der Waals surface area contributed by atoms with Gasteiger partial charge in [-0.15, -0.1) is 0 Å². The second-order valence-corrected chi connectivity index (χ2v) is 7.63. The summed E-state index contributed by atoms with van der Waals surface area (Å²) in [6.07, 6.45) is 1.61. The Morgan fingerprint density at radius 1 is 1.38 bits per heavy atom. The maximum Gasteiger partial charge on any atom is 0.410 e. The summed E-state index contributed by atoms with van der Waals surface area (Å²) in [5.74, 6) is 1.64. The monoisotopic (exact) mass is 365 g/mol. The summed E-state index contributed by atoms with van der Waals surface area (Å²) >= 11 is 0. The zero-order chi connectivity index (χ0) is 19.3. The van der Waals surface area contributed by atoms with Gasteiger partial charge in [-0.3, -0.25) is 4.99 Å². The average molecular weight is 365 g/mol. The predicted octanol–water partition coefficient (Wildman–Crippen LogP) is 2.01. The maximum atomic E-state index is 11.9. The molecule has 1 aromatic heterocycles. The minimum atomic E-state index is -0.464. The number of aryl methyl sites for hydroxylation is 2. The average Bonchev–Trinajstić information content (AvgIpc) is 2.81. The molecule has 0 spiro atoms. The highest BCUT2D eigenvalue weighted by Crippen LogP contribution is 2.15. The molecule has 1 aliphatic heterocycles. The van der Waals surface area contributed by atoms with Gasteiger partial charge in [0.2, 0.25) is 0 Å². The molecule has 0 bridgehead atoms. The van der Waals surface area contributed by atoms with Crippen LogP contribution in [0, 0.1) is 13.8 Å². The summed E-state index contributed by atoms with van der Waals surface area (Å²) < 4.78 is 10.5. The molecule has 0 atom stereocenters. The number of rotatable bonds is 5. The maximum absolute atomic E-state index is 11.9. The Kier molecular flexibility index (Phi) is 6.50. The summed E-state index contributed by atoms with van der Waals surface area (Å²) in [6.45, 7) is 11.6. The smallest absolute Gasteiger partial charge is 0.410 e. The topological polar surface area (TPSA) is 92.0 Å². The molecule has 1 saturated heterocycles. The standard InChI is InChI=1S/C18H31N5O3/c1-12-15(13(2)26-22-12)8-7-9-20-16(19-6)21-14-10-23(11-14)17(24)25-18(3,4)5/h14H,7-11H2,1-6H3,(H2,19,20,21). The fourth-order valence-electron chi connectivity index (χ4n) is 2.76. The Labute approximate surface area is 155 Å². The van der Waals surface area contributed by atoms with Gasteiger partial charge in [-0.05, 0) is 47.5 Å². The van der Waals surface area contributed by atoms with Gasteiger partial charge in [-0.1, -0.05) is 5.16 Å². The molecule has 8 nitrogen and oxygen atoms in total. The van der Waals surface area contributed by atoms with E-state index in [1.165, 1.54) is 5.56 Å². The van der Waals surface area contributed by atoms with Gasteiger partial charge in [0.15, 0.2) is 5.96 Å². The number of hydrogen-bond acceptors (Lipinski definition) is 5. The Morgan fingerprint density at radius 2 is 2.08 bits per heavy atom. The Balaban J connectivity index is 1.66. The van der Waals surface area contributed by atoms with Crippen molar-refractivity contribution in [1.82, 2.24) is 20.7 Å². The van der Waals surface area contributed by atoms with E-state index in [1.807, 2.05) is 34.6 Å². The van der Waals surface area contributed by atoms with Crippen molar-refractivity contribution in [1.29, 1.82) is 0 Å². The Hall–Kier alpha value is -2.25. The van der Waals surface area contributed by atoms with Crippen LogP contribution in [0.4, 0.5) is 4.79 Å². The van der Waals surface area contributed by atoms with Crippen molar-refractivity contribution in [3.8, 4) is 0 Å². The van der Waals surface area contributed by atoms with Crippen LogP contribution in [-0.4, -0.2) is 60.4 Å². The highest BCUT2D eigenvalue weighted by Gasteiger charge is 2.34. The highest BCUT2D eigenvalue weighted by molar-refractivity contribution is 5.80. The van der Waals surface area contributed by atoms with E-state index in [0.717, 1.165) is 36.8 Å². The van der Waals surface area contributed by atoms with Gasteiger partial charge in [-0.25, -0.2) is 4.79 Å². The van der Waals surface area contributed by atoms with Crippen molar-refractivity contribution in [3.63, 3.8) is 0 Å². The first kappa shape index (κ1) is 20.1. The van der Waals surface area contributed by atoms with E-state index in [0.29, 0.717) is 13.1 Å². The van der Waals surface area contributed by atoms with Crippen LogP contribution in [0.25, 0.3) is 0 Å². The Bertz CT molecular complexity index is 622. The molecule has 2 rings (SSSR count). The number of amides is 1. The summed E-state index contributed by atoms with van der Waals surface area (Å²) in [5.41, 5.74) is 1.68. The van der Waals surface area contributed by atoms with Gasteiger partial charge in [0, 0.05) is 32.2 Å². The molecule has 1 fully saturated rings. The first-order valence-corrected chi connectivity index (χ1v) is 9.06. The molecule has 26 heavy (non-hydrogen) atoms. The van der Waals surface area contributed by atoms with Crippen LogP contribution < -0.4 is 10.6 Å². The second-order valence-electron chi connectivity index (χ2n) is 7.63. The number of aliphatic imine (C=N–C) groups is 1. The van der Waals surface area contributed by atoms with E-state index in [1.54, 1.807) is 11.9 Å². The van der Waals surface area contributed by atoms with E-state index in [4.69, 9.17) is 9.26 Å². The molecule has 0 unspecified atom stereocenters. The molecule has 0 aliphatic carbocycles. The normalized spacial score (nSPS) is 15.6. The zero-order valence-electron chi connectivity index (χ0n) is 16.7. The zero-order valence-corrected chi connectivity index (χ0v) is 16.7. The van der Waals surface area contributed by atoms with Crippen molar-refractivity contribution in [2.24, 2.45) is 4.99 Å². The van der Waals surface area contributed by atoms with Gasteiger partial charge in [-0.2, -0.15) is 0 Å². The molecule has 8 heteroatoms. The number of hydrogen-bond donors (Lipinski definition) is 2. The van der Waals surface area contributed by atoms with Crippen LogP contribution in [0.2, 0.25) is 0 Å². The lowest BCUT2D eigenvalue weighted by molar-refractivity contribution is 0.00701. The number of ether oxygens (including phenoxy) is 1. The molecule has 0 aromatic carbocycles. The van der Waals surface area contributed by atoms with Crippen LogP contribution in [0.5, 0.6) is 0 Å². The lowest BCUT2D eigenvalue weighted by Crippen LogP contribution is -2.63. The molecule has 2 heterocycles. The lowest BCUT2D eigenvalue weighted by atomic mass is 10.1. The number of carbonyl (C=O) groups is 1. The molecular formula is C18H31N5O3. The second kappa shape index (κ2) is 8.42. The highest BCUT2D eigenvalue weighted by atomic mass is 16.6. The minimum absolute atomic E-state index is 0.191. The number of aromatic nitrogens is 1. The lowest BCUT2D eigenvalue weighted by Gasteiger charge is -2.40. The van der Waals surface area contributed by atoms with Crippen molar-refractivity contribution in [3.05, 3.63) is 17.0 Å². The molecule has 1 aliphatic rings. The number of nitrogens with one attached hydrogen (secondary N) is 2. The number of likely N-dealkylation sites (tertiary alicyclic amines) is 1.